The average molecular weight is 913 g/mol. The highest BCUT2D eigenvalue weighted by atomic mass is 32.1. The molecule has 0 radical (unpaired) electrons. The number of aromatic nitrogens is 6. The molecule has 4 aliphatic rings. The first-order valence-corrected chi connectivity index (χ1v) is 21.6. The van der Waals surface area contributed by atoms with Crippen molar-refractivity contribution in [1.82, 2.24) is 35.0 Å². The van der Waals surface area contributed by atoms with Crippen molar-refractivity contribution in [3.8, 4) is 22.5 Å². The number of benzene rings is 3. The minimum atomic E-state index is -5.17. The molecule has 0 spiro atoms. The number of pyridine rings is 1. The molecule has 2 fully saturated rings. The Morgan fingerprint density at radius 1 is 0.923 bits per heavy atom. The van der Waals surface area contributed by atoms with Crippen LogP contribution in [-0.2, 0) is 29.9 Å². The fraction of sp³-hybridized carbons (Fsp3) is 0.289. The Balaban J connectivity index is 1.04. The number of aromatic amines is 1. The summed E-state index contributed by atoms with van der Waals surface area (Å²) in [6.45, 7) is 2.69. The first-order chi connectivity index (χ1) is 31.1. The summed E-state index contributed by atoms with van der Waals surface area (Å²) in [7, 11) is 0. The van der Waals surface area contributed by atoms with Gasteiger partial charge in [-0.25, -0.2) is 23.4 Å². The molecule has 3 aromatic carbocycles. The smallest absolute Gasteiger partial charge is 0.368 e. The minimum Gasteiger partial charge on any atom is -0.368 e. The van der Waals surface area contributed by atoms with E-state index in [2.05, 4.69) is 30.2 Å². The molecular formula is C45H35F7N10O2S. The predicted octanol–water partition coefficient (Wildman–Crippen LogP) is 8.07. The van der Waals surface area contributed by atoms with Crippen LogP contribution in [0.3, 0.4) is 0 Å². The van der Waals surface area contributed by atoms with Gasteiger partial charge in [0, 0.05) is 91.0 Å². The number of primary amides is 1. The number of thiazole rings is 1. The van der Waals surface area contributed by atoms with Crippen molar-refractivity contribution < 1.29 is 40.3 Å². The topological polar surface area (TPSA) is 151 Å². The van der Waals surface area contributed by atoms with Gasteiger partial charge in [0.2, 0.25) is 5.91 Å². The standard InChI is InChI=1S/C45H35F7N10O2S/c46-25-13-21(14-26(47)17-25)15-31(36(39(53)63)62-38-34(37(59-62)45(50,51)52)30-18-32(30)44(38,48)49)35-28(23-1-2-24-20-56-42(64)29(24)16-23)19-33-41(57-35)58-43(65-33)61-11-9-60(10-12-61)27-5-3-22(4-6-27)40-54-7-8-55-40/h1-8,13-14,16-17,19,30-32,36H,9-12,15,18,20H2,(H2,53,63)(H,54,55)(H,56,64)/t30-,31+,32+,36?/m0/s1. The Hall–Kier alpha value is -6.83. The number of carbonyl (C=O) groups is 2. The van der Waals surface area contributed by atoms with Gasteiger partial charge in [0.25, 0.3) is 11.8 Å². The van der Waals surface area contributed by atoms with Crippen LogP contribution in [0.5, 0.6) is 0 Å². The van der Waals surface area contributed by atoms with E-state index < -0.39 is 76.8 Å². The molecule has 1 unspecified atom stereocenters. The third kappa shape index (κ3) is 6.96. The maximum absolute atomic E-state index is 16.2. The molecule has 1 saturated carbocycles. The van der Waals surface area contributed by atoms with Crippen molar-refractivity contribution in [2.24, 2.45) is 11.7 Å². The molecule has 7 aromatic rings. The summed E-state index contributed by atoms with van der Waals surface area (Å²) in [4.78, 5) is 48.4. The predicted molar refractivity (Wildman–Crippen MR) is 225 cm³/mol. The van der Waals surface area contributed by atoms with E-state index in [0.29, 0.717) is 63.4 Å². The van der Waals surface area contributed by atoms with Gasteiger partial charge in [-0.15, -0.1) is 0 Å². The SMILES string of the molecule is NC(=O)C([C@H](Cc1cc(F)cc(F)c1)c1nc2nc(N3CCN(c4ccc(-c5ncc[nH]5)cc4)CC3)sc2cc1-c1ccc2c(c1)C(=O)NC2)n1nc(C(F)(F)F)c2c1C(F)(F)[C@@H]1C[C@H]21. The molecule has 4 atom stereocenters. The van der Waals surface area contributed by atoms with Crippen LogP contribution in [-0.4, -0.2) is 67.7 Å². The van der Waals surface area contributed by atoms with Crippen LogP contribution in [0.25, 0.3) is 32.9 Å². The second-order valence-corrected chi connectivity index (χ2v) is 17.8. The summed E-state index contributed by atoms with van der Waals surface area (Å²) in [5.74, 6) is -10.9. The largest absolute Gasteiger partial charge is 0.435 e. The summed E-state index contributed by atoms with van der Waals surface area (Å²) >= 11 is 1.31. The van der Waals surface area contributed by atoms with Gasteiger partial charge in [0.1, 0.15) is 29.2 Å². The fourth-order valence-corrected chi connectivity index (χ4v) is 10.8. The molecule has 1 saturated heterocycles. The van der Waals surface area contributed by atoms with Gasteiger partial charge in [-0.2, -0.15) is 32.0 Å². The van der Waals surface area contributed by atoms with Crippen molar-refractivity contribution in [2.45, 2.75) is 49.4 Å². The zero-order valence-electron chi connectivity index (χ0n) is 33.8. The first-order valence-electron chi connectivity index (χ1n) is 20.8. The van der Waals surface area contributed by atoms with Crippen molar-refractivity contribution in [3.05, 3.63) is 130 Å². The summed E-state index contributed by atoms with van der Waals surface area (Å²) in [6, 6.07) is 15.2. The molecule has 6 heterocycles. The zero-order valence-corrected chi connectivity index (χ0v) is 34.7. The molecule has 20 heteroatoms. The van der Waals surface area contributed by atoms with E-state index in [1.807, 2.05) is 24.3 Å². The van der Waals surface area contributed by atoms with Gasteiger partial charge in [-0.05, 0) is 84.0 Å². The highest BCUT2D eigenvalue weighted by Crippen LogP contribution is 2.69. The highest BCUT2D eigenvalue weighted by Gasteiger charge is 2.69. The number of anilines is 2. The number of amides is 2. The number of hydrogen-bond donors (Lipinski definition) is 3. The number of piperazine rings is 1. The van der Waals surface area contributed by atoms with Gasteiger partial charge in [0.15, 0.2) is 16.5 Å². The molecule has 0 bridgehead atoms. The van der Waals surface area contributed by atoms with E-state index in [0.717, 1.165) is 29.2 Å². The van der Waals surface area contributed by atoms with E-state index in [1.165, 1.54) is 11.3 Å². The number of nitrogens with zero attached hydrogens (tertiary/aromatic N) is 7. The Morgan fingerprint density at radius 3 is 2.34 bits per heavy atom. The third-order valence-electron chi connectivity index (χ3n) is 12.9. The molecule has 65 heavy (non-hydrogen) atoms. The average Bonchev–Trinajstić information content (AvgIpc) is 3.74. The Bertz CT molecular complexity index is 3030. The van der Waals surface area contributed by atoms with Crippen LogP contribution in [0.1, 0.15) is 68.4 Å². The normalized spacial score (nSPS) is 19.5. The Kier molecular flexibility index (Phi) is 9.35. The molecule has 12 nitrogen and oxygen atoms in total. The number of imidazole rings is 1. The number of nitrogens with two attached hydrogens (primary N) is 1. The minimum absolute atomic E-state index is 0.0479. The number of nitrogens with one attached hydrogen (secondary N) is 2. The lowest BCUT2D eigenvalue weighted by Crippen LogP contribution is -2.46. The fourth-order valence-electron chi connectivity index (χ4n) is 9.77. The number of fused-ring (bicyclic) bond motifs is 5. The van der Waals surface area contributed by atoms with Crippen LogP contribution in [0, 0.1) is 17.6 Å². The molecule has 2 aliphatic heterocycles. The number of H-pyrrole nitrogens is 1. The lowest BCUT2D eigenvalue weighted by molar-refractivity contribution is -0.142. The van der Waals surface area contributed by atoms with Crippen LogP contribution in [0.15, 0.2) is 79.1 Å². The molecule has 332 valence electrons. The van der Waals surface area contributed by atoms with Crippen molar-refractivity contribution in [1.29, 1.82) is 0 Å². The highest BCUT2D eigenvalue weighted by molar-refractivity contribution is 7.22. The lowest BCUT2D eigenvalue weighted by atomic mass is 9.84. The molecule has 11 rings (SSSR count). The van der Waals surface area contributed by atoms with Gasteiger partial charge in [0.05, 0.1) is 10.4 Å². The molecule has 4 N–H and O–H groups in total. The number of hydrogen-bond acceptors (Lipinski definition) is 9. The van der Waals surface area contributed by atoms with Gasteiger partial charge < -0.3 is 25.8 Å². The zero-order chi connectivity index (χ0) is 45.1. The molecule has 4 aromatic heterocycles. The second kappa shape index (κ2) is 14.9. The number of halogens is 7. The summed E-state index contributed by atoms with van der Waals surface area (Å²) < 4.78 is 107. The maximum Gasteiger partial charge on any atom is 0.435 e. The van der Waals surface area contributed by atoms with Crippen LogP contribution in [0.2, 0.25) is 0 Å². The first kappa shape index (κ1) is 40.9. The van der Waals surface area contributed by atoms with E-state index in [4.69, 9.17) is 15.7 Å². The number of carbonyl (C=O) groups excluding carboxylic acids is 2. The maximum atomic E-state index is 16.2. The van der Waals surface area contributed by atoms with E-state index in [9.17, 15) is 31.5 Å². The third-order valence-corrected chi connectivity index (χ3v) is 13.9. The van der Waals surface area contributed by atoms with Gasteiger partial charge >= 0.3 is 6.18 Å². The number of alkyl halides is 5. The number of rotatable bonds is 10. The van der Waals surface area contributed by atoms with Crippen LogP contribution < -0.4 is 20.9 Å². The lowest BCUT2D eigenvalue weighted by Gasteiger charge is -2.36. The Labute approximate surface area is 368 Å². The monoisotopic (exact) mass is 912 g/mol. The van der Waals surface area contributed by atoms with Crippen LogP contribution in [0.4, 0.5) is 41.6 Å². The summed E-state index contributed by atoms with van der Waals surface area (Å²) in [6.07, 6.45) is -2.44. The van der Waals surface area contributed by atoms with Crippen molar-refractivity contribution in [3.63, 3.8) is 0 Å². The van der Waals surface area contributed by atoms with Gasteiger partial charge in [-0.1, -0.05) is 23.5 Å². The summed E-state index contributed by atoms with van der Waals surface area (Å²) in [5.41, 5.74) is 6.42. The van der Waals surface area contributed by atoms with E-state index in [1.54, 1.807) is 36.7 Å². The van der Waals surface area contributed by atoms with E-state index >= 15 is 8.78 Å². The molecule has 2 amide bonds. The molecular weight excluding hydrogens is 878 g/mol. The summed E-state index contributed by atoms with van der Waals surface area (Å²) in [5, 5.41) is 7.05. The van der Waals surface area contributed by atoms with E-state index in [-0.39, 0.29) is 41.3 Å². The quantitative estimate of drug-likeness (QED) is 0.117. The van der Waals surface area contributed by atoms with Gasteiger partial charge in [-0.3, -0.25) is 9.59 Å². The Morgan fingerprint density at radius 2 is 1.65 bits per heavy atom. The van der Waals surface area contributed by atoms with Crippen molar-refractivity contribution >= 4 is 44.3 Å². The second-order valence-electron chi connectivity index (χ2n) is 16.8. The van der Waals surface area contributed by atoms with Crippen LogP contribution >= 0.6 is 11.3 Å². The molecule has 2 aliphatic carbocycles. The van der Waals surface area contributed by atoms with Crippen molar-refractivity contribution in [2.75, 3.05) is 36.0 Å².